The summed E-state index contributed by atoms with van der Waals surface area (Å²) in [5, 5.41) is 1.03. The molecule has 0 saturated heterocycles. The third-order valence-electron chi connectivity index (χ3n) is 4.33. The van der Waals surface area contributed by atoms with Crippen molar-refractivity contribution in [2.45, 2.75) is 46.5 Å². The third-order valence-corrected chi connectivity index (χ3v) is 4.71. The first kappa shape index (κ1) is 10.3. The Kier molecular flexibility index (Phi) is 2.51. The fourth-order valence-corrected chi connectivity index (χ4v) is 3.57. The molecule has 0 aromatic heterocycles. The van der Waals surface area contributed by atoms with E-state index in [2.05, 4.69) is 26.8 Å². The molecule has 0 radical (unpaired) electrons. The van der Waals surface area contributed by atoms with Crippen molar-refractivity contribution in [1.29, 1.82) is 0 Å². The molecular weight excluding hydrogens is 192 g/mol. The van der Waals surface area contributed by atoms with Gasteiger partial charge in [-0.1, -0.05) is 37.1 Å². The van der Waals surface area contributed by atoms with Crippen molar-refractivity contribution < 1.29 is 0 Å². The van der Waals surface area contributed by atoms with Crippen molar-refractivity contribution in [3.05, 3.63) is 22.3 Å². The normalized spacial score (nSPS) is 32.2. The van der Waals surface area contributed by atoms with E-state index < -0.39 is 0 Å². The molecule has 0 fully saturated rings. The number of fused-ring (bicyclic) bond motifs is 1. The minimum Gasteiger partial charge on any atom is -0.0844 e. The van der Waals surface area contributed by atoms with Gasteiger partial charge in [-0.2, -0.15) is 0 Å². The van der Waals surface area contributed by atoms with Gasteiger partial charge in [-0.15, -0.1) is 0 Å². The zero-order valence-electron chi connectivity index (χ0n) is 9.36. The van der Waals surface area contributed by atoms with E-state index in [1.807, 2.05) is 0 Å². The van der Waals surface area contributed by atoms with Crippen LogP contribution in [0.25, 0.3) is 0 Å². The lowest BCUT2D eigenvalue weighted by atomic mass is 9.69. The van der Waals surface area contributed by atoms with Gasteiger partial charge < -0.3 is 0 Å². The summed E-state index contributed by atoms with van der Waals surface area (Å²) in [6.45, 7) is 7.00. The van der Waals surface area contributed by atoms with Crippen molar-refractivity contribution in [2.24, 2.45) is 11.3 Å². The molecular formula is C13H19Cl. The zero-order valence-corrected chi connectivity index (χ0v) is 10.1. The summed E-state index contributed by atoms with van der Waals surface area (Å²) in [5.41, 5.74) is 3.48. The minimum absolute atomic E-state index is 0.461. The second kappa shape index (κ2) is 3.41. The minimum atomic E-state index is 0.461. The number of hydrogen-bond donors (Lipinski definition) is 0. The van der Waals surface area contributed by atoms with Crippen LogP contribution in [0.15, 0.2) is 22.3 Å². The van der Waals surface area contributed by atoms with Gasteiger partial charge >= 0.3 is 0 Å². The molecule has 78 valence electrons. The molecule has 0 amide bonds. The molecule has 0 aliphatic heterocycles. The number of halogens is 1. The average Bonchev–Trinajstić information content (AvgIpc) is 2.36. The van der Waals surface area contributed by atoms with Crippen LogP contribution >= 0.6 is 11.6 Å². The molecule has 0 nitrogen and oxygen atoms in total. The zero-order chi connectivity index (χ0) is 10.3. The van der Waals surface area contributed by atoms with Crippen molar-refractivity contribution in [3.63, 3.8) is 0 Å². The average molecular weight is 211 g/mol. The summed E-state index contributed by atoms with van der Waals surface area (Å²) in [4.78, 5) is 0. The summed E-state index contributed by atoms with van der Waals surface area (Å²) in [7, 11) is 0. The quantitative estimate of drug-likeness (QED) is 0.591. The lowest BCUT2D eigenvalue weighted by Crippen LogP contribution is -2.25. The van der Waals surface area contributed by atoms with Crippen LogP contribution in [0.4, 0.5) is 0 Å². The van der Waals surface area contributed by atoms with Gasteiger partial charge in [0.15, 0.2) is 0 Å². The largest absolute Gasteiger partial charge is 0.0844 e. The molecule has 0 aromatic rings. The highest BCUT2D eigenvalue weighted by molar-refractivity contribution is 6.32. The molecule has 14 heavy (non-hydrogen) atoms. The maximum absolute atomic E-state index is 6.28. The Morgan fingerprint density at radius 1 is 1.36 bits per heavy atom. The van der Waals surface area contributed by atoms with Crippen LogP contribution in [0.2, 0.25) is 0 Å². The first-order valence-electron chi connectivity index (χ1n) is 5.64. The van der Waals surface area contributed by atoms with E-state index in [1.54, 1.807) is 5.57 Å². The first-order valence-corrected chi connectivity index (χ1v) is 6.02. The smallest absolute Gasteiger partial charge is 0.0397 e. The predicted octanol–water partition coefficient (Wildman–Crippen LogP) is 4.66. The summed E-state index contributed by atoms with van der Waals surface area (Å²) >= 11 is 6.28. The van der Waals surface area contributed by atoms with Gasteiger partial charge in [-0.25, -0.2) is 0 Å². The van der Waals surface area contributed by atoms with Gasteiger partial charge in [0.2, 0.25) is 0 Å². The molecule has 1 atom stereocenters. The number of hydrogen-bond acceptors (Lipinski definition) is 0. The van der Waals surface area contributed by atoms with Crippen molar-refractivity contribution in [3.8, 4) is 0 Å². The number of allylic oxidation sites excluding steroid dienone is 4. The summed E-state index contributed by atoms with van der Waals surface area (Å²) < 4.78 is 0. The maximum Gasteiger partial charge on any atom is 0.0397 e. The molecule has 0 heterocycles. The Morgan fingerprint density at radius 2 is 2.07 bits per heavy atom. The highest BCUT2D eigenvalue weighted by Crippen LogP contribution is 2.54. The van der Waals surface area contributed by atoms with Crippen LogP contribution in [0.5, 0.6) is 0 Å². The van der Waals surface area contributed by atoms with Gasteiger partial charge in [0.1, 0.15) is 0 Å². The van der Waals surface area contributed by atoms with E-state index in [0.29, 0.717) is 5.41 Å². The van der Waals surface area contributed by atoms with Gasteiger partial charge in [0.25, 0.3) is 0 Å². The molecule has 0 aromatic carbocycles. The fourth-order valence-electron chi connectivity index (χ4n) is 3.22. The lowest BCUT2D eigenvalue weighted by molar-refractivity contribution is 0.225. The predicted molar refractivity (Wildman–Crippen MR) is 62.4 cm³/mol. The second-order valence-corrected chi connectivity index (χ2v) is 5.41. The number of rotatable bonds is 1. The molecule has 2 aliphatic rings. The summed E-state index contributed by atoms with van der Waals surface area (Å²) in [6, 6.07) is 0. The maximum atomic E-state index is 6.28. The van der Waals surface area contributed by atoms with Crippen LogP contribution < -0.4 is 0 Å². The molecule has 2 rings (SSSR count). The van der Waals surface area contributed by atoms with E-state index >= 15 is 0 Å². The lowest BCUT2D eigenvalue weighted by Gasteiger charge is -2.35. The van der Waals surface area contributed by atoms with Crippen molar-refractivity contribution >= 4 is 11.6 Å². The van der Waals surface area contributed by atoms with E-state index in [4.69, 9.17) is 11.6 Å². The molecule has 0 spiro atoms. The van der Waals surface area contributed by atoms with Crippen LogP contribution in [0, 0.1) is 11.3 Å². The Morgan fingerprint density at radius 3 is 2.71 bits per heavy atom. The monoisotopic (exact) mass is 210 g/mol. The Labute approximate surface area is 92.0 Å². The molecule has 1 heteroatoms. The van der Waals surface area contributed by atoms with E-state index in [1.165, 1.54) is 24.8 Å². The Hall–Kier alpha value is -0.230. The molecule has 2 aliphatic carbocycles. The highest BCUT2D eigenvalue weighted by Gasteiger charge is 2.41. The molecule has 1 unspecified atom stereocenters. The highest BCUT2D eigenvalue weighted by atomic mass is 35.5. The van der Waals surface area contributed by atoms with Crippen LogP contribution in [0.3, 0.4) is 0 Å². The van der Waals surface area contributed by atoms with Gasteiger partial charge in [0.05, 0.1) is 0 Å². The first-order chi connectivity index (χ1) is 6.58. The van der Waals surface area contributed by atoms with Crippen LogP contribution in [0.1, 0.15) is 46.5 Å². The standard InChI is InChI=1S/C13H19Cl/c1-9(2)13-7-4-5-12(14)11(6-8-13)10(13)3/h5,9H,4,6-8H2,1-3H3. The Balaban J connectivity index is 2.46. The topological polar surface area (TPSA) is 0 Å². The van der Waals surface area contributed by atoms with E-state index in [0.717, 1.165) is 17.4 Å². The second-order valence-electron chi connectivity index (χ2n) is 5.01. The molecule has 0 N–H and O–H groups in total. The van der Waals surface area contributed by atoms with Crippen molar-refractivity contribution in [2.75, 3.05) is 0 Å². The van der Waals surface area contributed by atoms with Crippen LogP contribution in [-0.2, 0) is 0 Å². The third kappa shape index (κ3) is 1.27. The van der Waals surface area contributed by atoms with Gasteiger partial charge in [-0.3, -0.25) is 0 Å². The summed E-state index contributed by atoms with van der Waals surface area (Å²) in [6.07, 6.45) is 7.16. The molecule has 0 saturated carbocycles. The SMILES string of the molecule is CC1=C2CCC1(C(C)C)CCC=C2Cl. The van der Waals surface area contributed by atoms with Crippen LogP contribution in [-0.4, -0.2) is 0 Å². The fraction of sp³-hybridized carbons (Fsp3) is 0.692. The van der Waals surface area contributed by atoms with E-state index in [-0.39, 0.29) is 0 Å². The van der Waals surface area contributed by atoms with Crippen molar-refractivity contribution in [1.82, 2.24) is 0 Å². The van der Waals surface area contributed by atoms with Gasteiger partial charge in [-0.05, 0) is 49.5 Å². The van der Waals surface area contributed by atoms with E-state index in [9.17, 15) is 0 Å². The molecule has 2 bridgehead atoms. The summed E-state index contributed by atoms with van der Waals surface area (Å²) in [5.74, 6) is 0.746. The Bertz CT molecular complexity index is 309. The van der Waals surface area contributed by atoms with Gasteiger partial charge in [0, 0.05) is 5.03 Å².